The van der Waals surface area contributed by atoms with Gasteiger partial charge in [0.15, 0.2) is 0 Å². The largest absolute Gasteiger partial charge is 0.336 e. The summed E-state index contributed by atoms with van der Waals surface area (Å²) in [5.74, 6) is 3.53. The van der Waals surface area contributed by atoms with E-state index in [1.54, 1.807) is 120 Å². The first-order valence-electron chi connectivity index (χ1n) is 36.9. The normalized spacial score (nSPS) is 7.77. The monoisotopic (exact) mass is 2060 g/mol. The molecule has 0 N–H and O–H groups in total. The van der Waals surface area contributed by atoms with Gasteiger partial charge in [0, 0.05) is 308 Å². The van der Waals surface area contributed by atoms with Crippen LogP contribution in [0.4, 0.5) is 0 Å². The smallest absolute Gasteiger partial charge is 0.147 e. The van der Waals surface area contributed by atoms with Crippen molar-refractivity contribution in [2.75, 3.05) is 13.6 Å². The molecule has 1 aliphatic heterocycles. The molecule has 6 radical (unpaired) electrons. The molecule has 0 amide bonds. The zero-order chi connectivity index (χ0) is 86.3. The summed E-state index contributed by atoms with van der Waals surface area (Å²) in [5.41, 5.74) is 6.93. The third-order valence-electron chi connectivity index (χ3n) is 8.38. The van der Waals surface area contributed by atoms with E-state index in [0.29, 0.717) is 17.5 Å². The molecule has 12 aromatic heterocycles. The first-order chi connectivity index (χ1) is 53.6. The topological polar surface area (TPSA) is 430 Å². The summed E-state index contributed by atoms with van der Waals surface area (Å²) in [6, 6.07) is 9.34. The summed E-state index contributed by atoms with van der Waals surface area (Å²) >= 11 is 0. The minimum atomic E-state index is 0. The third-order valence-corrected chi connectivity index (χ3v) is 8.38. The van der Waals surface area contributed by atoms with Gasteiger partial charge in [-0.3, -0.25) is 35.8 Å². The van der Waals surface area contributed by atoms with Gasteiger partial charge >= 0.3 is 0 Å². The minimum absolute atomic E-state index is 0. The van der Waals surface area contributed by atoms with Crippen LogP contribution in [-0.2, 0) is 196 Å². The molecule has 116 heavy (non-hydrogen) atoms. The quantitative estimate of drug-likeness (QED) is 0.136. The number of aromatic nitrogens is 32. The molecule has 0 aromatic carbocycles. The van der Waals surface area contributed by atoms with Crippen LogP contribution >= 0.6 is 0 Å². The molecule has 0 fully saturated rings. The Bertz CT molecular complexity index is 2740. The number of hydrogen-bond acceptors (Lipinski definition) is 32. The number of hydrazone groups is 1. The second-order valence-electron chi connectivity index (χ2n) is 16.4. The van der Waals surface area contributed by atoms with Crippen molar-refractivity contribution in [1.82, 2.24) is 167 Å². The number of tetrazole rings is 2. The average molecular weight is 2060 g/mol. The molecule has 12 aromatic rings. The third kappa shape index (κ3) is 138. The van der Waals surface area contributed by atoms with Gasteiger partial charge in [0.05, 0.1) is 47.6 Å². The second kappa shape index (κ2) is 142. The molecule has 0 atom stereocenters. The predicted molar refractivity (Wildman–Crippen MR) is 445 cm³/mol. The molecule has 34 nitrogen and oxygen atoms in total. The Morgan fingerprint density at radius 3 is 0.991 bits per heavy atom. The molecule has 40 heteroatoms. The van der Waals surface area contributed by atoms with E-state index >= 15 is 0 Å². The van der Waals surface area contributed by atoms with Crippen LogP contribution in [-0.4, -0.2) is 177 Å². The van der Waals surface area contributed by atoms with Gasteiger partial charge in [0.1, 0.15) is 55.4 Å². The molecule has 630 valence electrons. The molecular weight excluding hydrogens is 1920 g/mol. The average Bonchev–Trinajstić information content (AvgIpc) is 1.93. The van der Waals surface area contributed by atoms with Gasteiger partial charge in [0.25, 0.3) is 0 Å². The summed E-state index contributed by atoms with van der Waals surface area (Å²) in [5, 5.41) is 68.5. The second-order valence-corrected chi connectivity index (χ2v) is 16.4. The van der Waals surface area contributed by atoms with E-state index in [9.17, 15) is 0 Å². The first kappa shape index (κ1) is 152. The Balaban J connectivity index is -0.0000000596. The summed E-state index contributed by atoms with van der Waals surface area (Å²) < 4.78 is 0. The summed E-state index contributed by atoms with van der Waals surface area (Å²) in [6.07, 6.45) is 37.2. The Hall–Kier alpha value is -5.25. The number of rotatable bonds is 0. The van der Waals surface area contributed by atoms with Gasteiger partial charge in [-0.25, -0.2) is 59.8 Å². The predicted octanol–water partition coefficient (Wildman–Crippen LogP) is 15.3. The molecule has 13 rings (SSSR count). The van der Waals surface area contributed by atoms with Crippen molar-refractivity contribution in [2.45, 2.75) is 242 Å². The Morgan fingerprint density at radius 2 is 0.793 bits per heavy atom. The maximum Gasteiger partial charge on any atom is 0.147 e. The van der Waals surface area contributed by atoms with Crippen molar-refractivity contribution in [2.24, 2.45) is 5.10 Å². The van der Waals surface area contributed by atoms with E-state index in [-0.39, 0.29) is 196 Å². The molecule has 0 saturated heterocycles. The van der Waals surface area contributed by atoms with Crippen molar-refractivity contribution in [3.63, 3.8) is 0 Å². The van der Waals surface area contributed by atoms with E-state index in [1.165, 1.54) is 38.0 Å². The van der Waals surface area contributed by atoms with Crippen LogP contribution in [0.2, 0.25) is 0 Å². The van der Waals surface area contributed by atoms with Gasteiger partial charge in [-0.05, 0) is 125 Å². The fourth-order valence-corrected chi connectivity index (χ4v) is 4.31. The van der Waals surface area contributed by atoms with E-state index in [2.05, 4.69) is 167 Å². The maximum atomic E-state index is 3.94. The van der Waals surface area contributed by atoms with Crippen LogP contribution in [0.3, 0.4) is 0 Å². The van der Waals surface area contributed by atoms with Crippen molar-refractivity contribution in [1.29, 1.82) is 0 Å². The van der Waals surface area contributed by atoms with E-state index in [1.807, 2.05) is 257 Å². The molecule has 13 heterocycles. The number of hydrogen-bond donors (Lipinski definition) is 0. The van der Waals surface area contributed by atoms with E-state index in [0.717, 1.165) is 64.2 Å². The van der Waals surface area contributed by atoms with Crippen LogP contribution in [0.15, 0.2) is 166 Å². The first-order valence-corrected chi connectivity index (χ1v) is 36.9. The molecule has 0 spiro atoms. The molecule has 1 aliphatic rings. The van der Waals surface area contributed by atoms with Crippen molar-refractivity contribution in [3.05, 3.63) is 230 Å². The van der Waals surface area contributed by atoms with Crippen LogP contribution in [0.25, 0.3) is 0 Å². The van der Waals surface area contributed by atoms with Gasteiger partial charge < -0.3 is 15.2 Å². The zero-order valence-corrected chi connectivity index (χ0v) is 93.7. The van der Waals surface area contributed by atoms with Crippen LogP contribution in [0.1, 0.15) is 227 Å². The SMILES string of the molecule is CC.CC.CC.CC.CC.CC.CC.CC.CC.CC.CC.CN1CCC=N1.Cc1cccnn1.Cc1ccncn1.Cc1ccnnc1.Cc1cnccn1.Cc1cncnc1.Cc1cncnn1.Cc1cnncn1.Cc1ncccn1.Cc1nccnn1.Cc1ncncn1.Cc1nn[n-]n1.Cc1nnn[n-]1.[Y].[Y].[Y].[Y].[Y].[Y]. The van der Waals surface area contributed by atoms with Crippen molar-refractivity contribution < 1.29 is 196 Å². The fraction of sp³-hybridized carbons (Fsp3) is 0.487. The van der Waals surface area contributed by atoms with E-state index < -0.39 is 0 Å². The Kier molecular flexibility index (Phi) is 185. The molecule has 0 saturated carbocycles. The zero-order valence-electron chi connectivity index (χ0n) is 76.7. The van der Waals surface area contributed by atoms with Crippen LogP contribution in [0, 0.1) is 83.1 Å². The van der Waals surface area contributed by atoms with Gasteiger partial charge in [-0.1, -0.05) is 152 Å². The Morgan fingerprint density at radius 1 is 0.293 bits per heavy atom. The summed E-state index contributed by atoms with van der Waals surface area (Å²) in [6.45, 7) is 67.5. The minimum Gasteiger partial charge on any atom is -0.336 e. The molecular formula is C76H136N34Y6-2. The number of nitrogens with zero attached hydrogens (tertiary/aromatic N) is 34. The van der Waals surface area contributed by atoms with Gasteiger partial charge in [0.2, 0.25) is 0 Å². The van der Waals surface area contributed by atoms with Gasteiger partial charge in [-0.15, -0.1) is 15.3 Å². The molecule has 0 unspecified atom stereocenters. The van der Waals surface area contributed by atoms with E-state index in [4.69, 9.17) is 0 Å². The van der Waals surface area contributed by atoms with Crippen molar-refractivity contribution >= 4 is 6.21 Å². The van der Waals surface area contributed by atoms with Crippen molar-refractivity contribution in [3.8, 4) is 0 Å². The Labute approximate surface area is 849 Å². The van der Waals surface area contributed by atoms with Crippen LogP contribution in [0.5, 0.6) is 0 Å². The van der Waals surface area contributed by atoms with Gasteiger partial charge in [-0.2, -0.15) is 46.0 Å². The fourth-order valence-electron chi connectivity index (χ4n) is 4.31. The maximum absolute atomic E-state index is 3.94. The standard InChI is InChI=1S/6C5H6N2.4C4H5N3.C4H8N2.2C2H3N4.11C2H6.6Y/c1-5-2-6-4-7-3-5;1-5-4-6-2-3-7-5;1-5-2-3-6-4-7-5;1-5-2-3-6-7-4-5;1-5-6-3-2-4-7-5;1-5-3-2-4-6-7-5;1-4-6-2-5-3-7-4;1-4-2-6-7-3-5-4;1-4-2-5-3-6-7-4;1-4-5-2-3-6-7-4;1-6-4-2-3-5-6;2*1-2-3-5-6-4-2;11*1-2;;;;;;/h6*2-4H,1H3;4*2-3H,1H3;3H,2,4H2,1H3;2*1H3;11*1-2H3;;;;;;/q;;;;;;;;;;;2*-1;;;;;;;;;;;;;;;;;. The van der Waals surface area contributed by atoms with Crippen LogP contribution < -0.4 is 10.3 Å². The summed E-state index contributed by atoms with van der Waals surface area (Å²) in [7, 11) is 1.98. The molecule has 0 aliphatic carbocycles. The number of aryl methyl sites for hydroxylation is 12. The molecule has 0 bridgehead atoms. The summed E-state index contributed by atoms with van der Waals surface area (Å²) in [4.78, 5) is 53.1.